The zero-order valence-corrected chi connectivity index (χ0v) is 73.1. The van der Waals surface area contributed by atoms with Crippen molar-refractivity contribution in [3.63, 3.8) is 0 Å². The van der Waals surface area contributed by atoms with Crippen LogP contribution in [0, 0.1) is 0 Å². The summed E-state index contributed by atoms with van der Waals surface area (Å²) in [5.74, 6) is 1.40. The Labute approximate surface area is 769 Å². The molecule has 0 unspecified atom stereocenters. The van der Waals surface area contributed by atoms with Gasteiger partial charge in [0.2, 0.25) is 0 Å². The molecule has 0 fully saturated rings. The molecule has 25 aromatic rings. The highest BCUT2D eigenvalue weighted by Gasteiger charge is 2.35. The van der Waals surface area contributed by atoms with Gasteiger partial charge >= 0.3 is 0 Å². The minimum absolute atomic E-state index is 0.0517. The molecule has 26 rings (SSSR count). The molecule has 133 heavy (non-hydrogen) atoms. The van der Waals surface area contributed by atoms with Crippen molar-refractivity contribution in [1.29, 1.82) is 0 Å². The second kappa shape index (κ2) is 32.1. The van der Waals surface area contributed by atoms with Crippen LogP contribution in [0.4, 0.5) is 0 Å². The lowest BCUT2D eigenvalue weighted by molar-refractivity contribution is 0.660. The first kappa shape index (κ1) is 77.8. The first-order valence-electron chi connectivity index (χ1n) is 45.5. The molecule has 0 radical (unpaired) electrons. The van der Waals surface area contributed by atoms with Crippen LogP contribution in [0.1, 0.15) is 25.0 Å². The number of rotatable bonds is 14. The summed E-state index contributed by atoms with van der Waals surface area (Å²) in [6, 6.07) is 170. The fourth-order valence-electron chi connectivity index (χ4n) is 20.6. The zero-order chi connectivity index (χ0) is 88.2. The number of para-hydroxylation sites is 6. The van der Waals surface area contributed by atoms with E-state index in [-0.39, 0.29) is 5.41 Å². The average molecular weight is 1700 g/mol. The van der Waals surface area contributed by atoms with E-state index in [0.29, 0.717) is 11.6 Å². The monoisotopic (exact) mass is 1700 g/mol. The molecule has 0 aliphatic heterocycles. The van der Waals surface area contributed by atoms with E-state index in [1.54, 1.807) is 0 Å². The number of aromatic nitrogens is 8. The molecule has 8 nitrogen and oxygen atoms in total. The van der Waals surface area contributed by atoms with Crippen molar-refractivity contribution in [2.24, 2.45) is 0 Å². The number of fused-ring (bicyclic) bond motifs is 15. The maximum atomic E-state index is 5.19. The Morgan fingerprint density at radius 3 is 0.812 bits per heavy atom. The molecule has 0 saturated carbocycles. The van der Waals surface area contributed by atoms with Crippen LogP contribution >= 0.6 is 0 Å². The fourth-order valence-corrected chi connectivity index (χ4v) is 20.6. The van der Waals surface area contributed by atoms with E-state index < -0.39 is 0 Å². The molecule has 0 bridgehead atoms. The fraction of sp³-hybridized carbons (Fsp3) is 0.0240. The van der Waals surface area contributed by atoms with Gasteiger partial charge in [-0.05, 0) is 212 Å². The van der Waals surface area contributed by atoms with Gasteiger partial charge in [0.15, 0.2) is 11.6 Å². The van der Waals surface area contributed by atoms with E-state index in [0.717, 1.165) is 90.0 Å². The lowest BCUT2D eigenvalue weighted by atomic mass is 9.81. The average Bonchev–Trinajstić information content (AvgIpc) is 1.60. The molecule has 624 valence electrons. The van der Waals surface area contributed by atoms with E-state index in [4.69, 9.17) is 19.9 Å². The van der Waals surface area contributed by atoms with Gasteiger partial charge in [0.25, 0.3) is 0 Å². The molecule has 19 aromatic carbocycles. The number of benzene rings is 19. The molecule has 0 atom stereocenters. The van der Waals surface area contributed by atoms with Crippen LogP contribution in [-0.4, -0.2) is 38.2 Å². The number of hydrogen-bond donors (Lipinski definition) is 0. The molecule has 8 heteroatoms. The van der Waals surface area contributed by atoms with E-state index in [9.17, 15) is 0 Å². The highest BCUT2D eigenvalue weighted by atomic mass is 15.0. The number of nitrogens with zero attached hydrogens (tertiary/aromatic N) is 8. The van der Waals surface area contributed by atoms with Gasteiger partial charge in [0.1, 0.15) is 0 Å². The second-order valence-corrected chi connectivity index (χ2v) is 35.2. The number of hydrogen-bond acceptors (Lipinski definition) is 4. The van der Waals surface area contributed by atoms with Gasteiger partial charge in [-0.25, -0.2) is 19.9 Å². The summed E-state index contributed by atoms with van der Waals surface area (Å²) >= 11 is 0. The normalized spacial score (nSPS) is 12.2. The van der Waals surface area contributed by atoms with Crippen molar-refractivity contribution in [2.45, 2.75) is 19.3 Å². The highest BCUT2D eigenvalue weighted by molar-refractivity contribution is 6.15. The Morgan fingerprint density at radius 2 is 0.414 bits per heavy atom. The van der Waals surface area contributed by atoms with Gasteiger partial charge in [0.05, 0.1) is 66.9 Å². The summed E-state index contributed by atoms with van der Waals surface area (Å²) in [5, 5.41) is 9.88. The van der Waals surface area contributed by atoms with Crippen molar-refractivity contribution in [3.8, 4) is 146 Å². The summed E-state index contributed by atoms with van der Waals surface area (Å²) in [7, 11) is 0. The maximum Gasteiger partial charge on any atom is 0.160 e. The Hall–Kier alpha value is -17.5. The van der Waals surface area contributed by atoms with Crippen LogP contribution in [0.15, 0.2) is 473 Å². The standard InChI is InChI=1S/C67H46N4.C58H38N4/c1-67(2)58-22-12-9-19-52(58)53-36-31-49(41-59(53)67)43-25-27-44(28-26-43)60-42-61(69-66(68-60)46-15-5-3-6-16-46)45-29-34-51(35-30-45)71-63-24-14-11-21-55(63)57-40-48(33-38-65(57)71)47-32-37-64-56(39-47)54-20-10-13-23-62(54)70(64)50-17-7-4-8-18-50;1-4-15-39(16-5-1)42-19-14-20-45(35-42)53-38-52(59-58(60-53)41-17-6-2-7-18-41)40-27-31-47(32-28-40)62-55-26-13-11-24-49(55)51-37-44(30-34-57(51)62)43-29-33-56-50(36-43)48-23-10-12-25-54(48)61(56)46-21-8-3-9-22-46/h3-42H,1-2H3;1-38H. The highest BCUT2D eigenvalue weighted by Crippen LogP contribution is 2.51. The lowest BCUT2D eigenvalue weighted by Gasteiger charge is -2.22. The van der Waals surface area contributed by atoms with Gasteiger partial charge in [-0.2, -0.15) is 0 Å². The molecule has 1 aliphatic rings. The van der Waals surface area contributed by atoms with E-state index >= 15 is 0 Å². The van der Waals surface area contributed by atoms with Gasteiger partial charge in [0, 0.05) is 105 Å². The Bertz CT molecular complexity index is 8850. The van der Waals surface area contributed by atoms with Crippen molar-refractivity contribution >= 4 is 87.2 Å². The first-order valence-corrected chi connectivity index (χ1v) is 45.5. The van der Waals surface area contributed by atoms with E-state index in [2.05, 4.69) is 463 Å². The van der Waals surface area contributed by atoms with E-state index in [1.165, 1.54) is 143 Å². The molecule has 0 spiro atoms. The second-order valence-electron chi connectivity index (χ2n) is 35.2. The van der Waals surface area contributed by atoms with Gasteiger partial charge in [-0.3, -0.25) is 0 Å². The Morgan fingerprint density at radius 1 is 0.158 bits per heavy atom. The van der Waals surface area contributed by atoms with Gasteiger partial charge in [-0.1, -0.05) is 341 Å². The summed E-state index contributed by atoms with van der Waals surface area (Å²) in [4.78, 5) is 20.6. The minimum Gasteiger partial charge on any atom is -0.309 e. The molecule has 0 N–H and O–H groups in total. The van der Waals surface area contributed by atoms with Crippen LogP contribution in [0.2, 0.25) is 0 Å². The van der Waals surface area contributed by atoms with Crippen LogP contribution in [0.3, 0.4) is 0 Å². The van der Waals surface area contributed by atoms with E-state index in [1.807, 2.05) is 42.5 Å². The van der Waals surface area contributed by atoms with Crippen molar-refractivity contribution < 1.29 is 0 Å². The van der Waals surface area contributed by atoms with Crippen molar-refractivity contribution in [3.05, 3.63) is 484 Å². The summed E-state index contributed by atoms with van der Waals surface area (Å²) in [5.41, 5.74) is 38.5. The van der Waals surface area contributed by atoms with Crippen LogP contribution < -0.4 is 0 Å². The molecule has 0 saturated heterocycles. The topological polar surface area (TPSA) is 71.3 Å². The molecule has 0 amide bonds. The van der Waals surface area contributed by atoms with Crippen LogP contribution in [0.5, 0.6) is 0 Å². The summed E-state index contributed by atoms with van der Waals surface area (Å²) in [6.45, 7) is 4.67. The third-order valence-electron chi connectivity index (χ3n) is 27.1. The van der Waals surface area contributed by atoms with Crippen molar-refractivity contribution in [2.75, 3.05) is 0 Å². The summed E-state index contributed by atoms with van der Waals surface area (Å²) < 4.78 is 9.51. The Kier molecular flexibility index (Phi) is 18.8. The third kappa shape index (κ3) is 13.6. The van der Waals surface area contributed by atoms with Gasteiger partial charge in [-0.15, -0.1) is 0 Å². The Balaban J connectivity index is 0.000000144. The van der Waals surface area contributed by atoms with Gasteiger partial charge < -0.3 is 18.3 Å². The minimum atomic E-state index is -0.0517. The summed E-state index contributed by atoms with van der Waals surface area (Å²) in [6.07, 6.45) is 0. The predicted octanol–water partition coefficient (Wildman–Crippen LogP) is 32.3. The predicted molar refractivity (Wildman–Crippen MR) is 553 cm³/mol. The molecule has 1 aliphatic carbocycles. The largest absolute Gasteiger partial charge is 0.309 e. The smallest absolute Gasteiger partial charge is 0.160 e. The first-order chi connectivity index (χ1) is 65.7. The molecule has 6 heterocycles. The van der Waals surface area contributed by atoms with Crippen LogP contribution in [0.25, 0.3) is 233 Å². The quantitative estimate of drug-likeness (QED) is 0.109. The molecule has 6 aromatic heterocycles. The zero-order valence-electron chi connectivity index (χ0n) is 73.1. The van der Waals surface area contributed by atoms with Crippen molar-refractivity contribution in [1.82, 2.24) is 38.2 Å². The maximum absolute atomic E-state index is 5.19. The SMILES string of the molecule is CC1(C)c2ccccc2-c2ccc(-c3ccc(-c4cc(-c5ccc(-n6c7ccccc7c7cc(-c8ccc9c(c8)c8ccccc8n9-c8ccccc8)ccc76)cc5)nc(-c5ccccc5)n4)cc3)cc21.c1ccc(-c2cccc(-c3cc(-c4ccc(-n5c6ccccc6c6cc(-c7ccc8c(c7)c7ccccc7n8-c7ccccc7)ccc65)cc4)nc(-c4ccccc4)n3)c2)cc1. The third-order valence-corrected chi connectivity index (χ3v) is 27.1. The molecular formula is C125H84N8. The van der Waals surface area contributed by atoms with Crippen LogP contribution in [-0.2, 0) is 5.41 Å². The lowest BCUT2D eigenvalue weighted by Crippen LogP contribution is -2.14. The molecular weight excluding hydrogens is 1610 g/mol.